The molecule has 0 unspecified atom stereocenters. The van der Waals surface area contributed by atoms with Crippen molar-refractivity contribution >= 4 is 5.91 Å². The van der Waals surface area contributed by atoms with Crippen molar-refractivity contribution in [3.8, 4) is 0 Å². The summed E-state index contributed by atoms with van der Waals surface area (Å²) in [4.78, 5) is 15.0. The number of rotatable bonds is 6. The Morgan fingerprint density at radius 2 is 2.40 bits per heavy atom. The third kappa shape index (κ3) is 4.12. The van der Waals surface area contributed by atoms with Crippen LogP contribution in [0.1, 0.15) is 25.0 Å². The fourth-order valence-corrected chi connectivity index (χ4v) is 1.12. The molecule has 0 aliphatic carbocycles. The van der Waals surface area contributed by atoms with Crippen LogP contribution in [0, 0.1) is 0 Å². The largest absolute Gasteiger partial charge is 0.444 e. The predicted octanol–water partition coefficient (Wildman–Crippen LogP) is 0.463. The molecule has 0 radical (unpaired) electrons. The van der Waals surface area contributed by atoms with Crippen LogP contribution in [0.15, 0.2) is 10.6 Å². The number of carbonyl (C=O) groups excluding carboxylic acids is 1. The van der Waals surface area contributed by atoms with Gasteiger partial charge in [-0.05, 0) is 0 Å². The molecular formula is C10H17N3O2. The van der Waals surface area contributed by atoms with Crippen LogP contribution in [0.3, 0.4) is 0 Å². The van der Waals surface area contributed by atoms with Gasteiger partial charge >= 0.3 is 0 Å². The minimum absolute atomic E-state index is 0.0316. The summed E-state index contributed by atoms with van der Waals surface area (Å²) in [6, 6.07) is 0. The summed E-state index contributed by atoms with van der Waals surface area (Å²) < 4.78 is 5.39. The molecule has 5 nitrogen and oxygen atoms in total. The van der Waals surface area contributed by atoms with Crippen LogP contribution < -0.4 is 10.6 Å². The van der Waals surface area contributed by atoms with E-state index in [1.54, 1.807) is 13.2 Å². The lowest BCUT2D eigenvalue weighted by Crippen LogP contribution is -2.24. The first-order valence-corrected chi connectivity index (χ1v) is 5.11. The van der Waals surface area contributed by atoms with Crippen molar-refractivity contribution in [1.82, 2.24) is 15.6 Å². The van der Waals surface area contributed by atoms with Crippen LogP contribution in [0.5, 0.6) is 0 Å². The molecule has 0 spiro atoms. The number of nitrogens with one attached hydrogen (secondary N) is 2. The third-order valence-electron chi connectivity index (χ3n) is 2.03. The van der Waals surface area contributed by atoms with E-state index in [-0.39, 0.29) is 5.91 Å². The summed E-state index contributed by atoms with van der Waals surface area (Å²) >= 11 is 0. The van der Waals surface area contributed by atoms with Crippen molar-refractivity contribution in [3.63, 3.8) is 0 Å². The van der Waals surface area contributed by atoms with Gasteiger partial charge in [0.1, 0.15) is 5.76 Å². The number of hydrogen-bond donors (Lipinski definition) is 2. The highest BCUT2D eigenvalue weighted by Gasteiger charge is 2.02. The van der Waals surface area contributed by atoms with Gasteiger partial charge in [-0.1, -0.05) is 6.92 Å². The molecule has 0 bridgehead atoms. The van der Waals surface area contributed by atoms with Gasteiger partial charge in [0.25, 0.3) is 0 Å². The van der Waals surface area contributed by atoms with Crippen LogP contribution in [0.2, 0.25) is 0 Å². The van der Waals surface area contributed by atoms with Gasteiger partial charge in [-0.3, -0.25) is 4.79 Å². The Hall–Kier alpha value is -1.36. The van der Waals surface area contributed by atoms with Crippen molar-refractivity contribution in [2.75, 3.05) is 13.6 Å². The molecule has 0 aliphatic rings. The molecular weight excluding hydrogens is 194 g/mol. The second-order valence-electron chi connectivity index (χ2n) is 3.17. The Kier molecular flexibility index (Phi) is 4.83. The van der Waals surface area contributed by atoms with E-state index in [1.165, 1.54) is 0 Å². The molecule has 1 amide bonds. The summed E-state index contributed by atoms with van der Waals surface area (Å²) in [6.45, 7) is 3.21. The molecule has 0 saturated carbocycles. The van der Waals surface area contributed by atoms with Gasteiger partial charge in [0, 0.05) is 26.4 Å². The van der Waals surface area contributed by atoms with Crippen molar-refractivity contribution in [3.05, 3.63) is 17.8 Å². The molecule has 0 aromatic carbocycles. The summed E-state index contributed by atoms with van der Waals surface area (Å²) in [5.74, 6) is 1.59. The molecule has 0 saturated heterocycles. The highest BCUT2D eigenvalue weighted by Crippen LogP contribution is 2.03. The Morgan fingerprint density at radius 1 is 1.60 bits per heavy atom. The first-order chi connectivity index (χ1) is 7.26. The lowest BCUT2D eigenvalue weighted by atomic mass is 10.4. The number of aryl methyl sites for hydroxylation is 1. The van der Waals surface area contributed by atoms with Gasteiger partial charge in [0.05, 0.1) is 12.7 Å². The van der Waals surface area contributed by atoms with Crippen LogP contribution in [0.4, 0.5) is 0 Å². The van der Waals surface area contributed by atoms with Crippen molar-refractivity contribution < 1.29 is 9.21 Å². The lowest BCUT2D eigenvalue weighted by Gasteiger charge is -2.00. The van der Waals surface area contributed by atoms with E-state index in [0.717, 1.165) is 12.2 Å². The minimum Gasteiger partial charge on any atom is -0.444 e. The number of nitrogens with zero attached hydrogens (tertiary/aromatic N) is 1. The Morgan fingerprint density at radius 3 is 3.00 bits per heavy atom. The number of aromatic nitrogens is 1. The van der Waals surface area contributed by atoms with Gasteiger partial charge < -0.3 is 15.1 Å². The molecule has 5 heteroatoms. The second-order valence-corrected chi connectivity index (χ2v) is 3.17. The molecule has 0 atom stereocenters. The predicted molar refractivity (Wildman–Crippen MR) is 56.3 cm³/mol. The Labute approximate surface area is 89.3 Å². The summed E-state index contributed by atoms with van der Waals surface area (Å²) in [5, 5.41) is 5.65. The van der Waals surface area contributed by atoms with Crippen LogP contribution in [-0.2, 0) is 17.8 Å². The molecule has 2 N–H and O–H groups in total. The van der Waals surface area contributed by atoms with E-state index in [2.05, 4.69) is 15.6 Å². The smallest absolute Gasteiger partial charge is 0.221 e. The number of carbonyl (C=O) groups is 1. The van der Waals surface area contributed by atoms with Crippen molar-refractivity contribution in [2.45, 2.75) is 26.3 Å². The van der Waals surface area contributed by atoms with Crippen LogP contribution in [0.25, 0.3) is 0 Å². The number of hydrogen-bond acceptors (Lipinski definition) is 4. The van der Waals surface area contributed by atoms with Gasteiger partial charge in [-0.15, -0.1) is 0 Å². The quantitative estimate of drug-likeness (QED) is 0.671. The van der Waals surface area contributed by atoms with Gasteiger partial charge in [0.15, 0.2) is 0 Å². The van der Waals surface area contributed by atoms with Gasteiger partial charge in [0.2, 0.25) is 11.8 Å². The SMILES string of the molecule is CCc1cnc(CNCCC(=O)NC)o1. The van der Waals surface area contributed by atoms with Gasteiger partial charge in [-0.25, -0.2) is 4.98 Å². The fourth-order valence-electron chi connectivity index (χ4n) is 1.12. The van der Waals surface area contributed by atoms with Crippen molar-refractivity contribution in [1.29, 1.82) is 0 Å². The number of oxazole rings is 1. The summed E-state index contributed by atoms with van der Waals surface area (Å²) in [6.07, 6.45) is 3.05. The maximum atomic E-state index is 10.9. The Bertz CT molecular complexity index is 309. The number of amides is 1. The maximum absolute atomic E-state index is 10.9. The third-order valence-corrected chi connectivity index (χ3v) is 2.03. The zero-order valence-electron chi connectivity index (χ0n) is 9.17. The molecule has 0 aliphatic heterocycles. The molecule has 0 fully saturated rings. The van der Waals surface area contributed by atoms with E-state index in [0.29, 0.717) is 25.4 Å². The molecule has 84 valence electrons. The Balaban J connectivity index is 2.17. The maximum Gasteiger partial charge on any atom is 0.221 e. The summed E-state index contributed by atoms with van der Waals surface area (Å²) in [5.41, 5.74) is 0. The normalized spacial score (nSPS) is 10.3. The highest BCUT2D eigenvalue weighted by atomic mass is 16.4. The average Bonchev–Trinajstić information content (AvgIpc) is 2.72. The zero-order chi connectivity index (χ0) is 11.1. The first-order valence-electron chi connectivity index (χ1n) is 5.11. The van der Waals surface area contributed by atoms with Crippen molar-refractivity contribution in [2.24, 2.45) is 0 Å². The van der Waals surface area contributed by atoms with Gasteiger partial charge in [-0.2, -0.15) is 0 Å². The van der Waals surface area contributed by atoms with Crippen LogP contribution >= 0.6 is 0 Å². The first kappa shape index (κ1) is 11.7. The molecule has 1 aromatic heterocycles. The fraction of sp³-hybridized carbons (Fsp3) is 0.600. The molecule has 1 heterocycles. The zero-order valence-corrected chi connectivity index (χ0v) is 9.17. The molecule has 1 rings (SSSR count). The molecule has 15 heavy (non-hydrogen) atoms. The minimum atomic E-state index is 0.0316. The van der Waals surface area contributed by atoms with E-state index >= 15 is 0 Å². The molecule has 1 aromatic rings. The van der Waals surface area contributed by atoms with E-state index in [1.807, 2.05) is 6.92 Å². The van der Waals surface area contributed by atoms with E-state index < -0.39 is 0 Å². The van der Waals surface area contributed by atoms with E-state index in [4.69, 9.17) is 4.42 Å². The topological polar surface area (TPSA) is 67.2 Å². The summed E-state index contributed by atoms with van der Waals surface area (Å²) in [7, 11) is 1.63. The van der Waals surface area contributed by atoms with E-state index in [9.17, 15) is 4.79 Å². The lowest BCUT2D eigenvalue weighted by molar-refractivity contribution is -0.120. The average molecular weight is 211 g/mol. The van der Waals surface area contributed by atoms with Crippen LogP contribution in [-0.4, -0.2) is 24.5 Å². The highest BCUT2D eigenvalue weighted by molar-refractivity contribution is 5.75. The standard InChI is InChI=1S/C10H17N3O2/c1-3-8-6-13-10(15-8)7-12-5-4-9(14)11-2/h6,12H,3-5,7H2,1-2H3,(H,11,14). The monoisotopic (exact) mass is 211 g/mol. The second kappa shape index (κ2) is 6.19.